The molecule has 0 aliphatic rings. The van der Waals surface area contributed by atoms with Gasteiger partial charge < -0.3 is 0 Å². The first-order valence-electron chi connectivity index (χ1n) is 5.23. The first-order valence-corrected chi connectivity index (χ1v) is 5.23. The number of hydrogen-bond donors (Lipinski definition) is 0. The quantitative estimate of drug-likeness (QED) is 0.569. The maximum Gasteiger partial charge on any atom is -0.0181 e. The maximum atomic E-state index is 2.24. The summed E-state index contributed by atoms with van der Waals surface area (Å²) in [5.74, 6) is 0. The van der Waals surface area contributed by atoms with Gasteiger partial charge in [-0.3, -0.25) is 0 Å². The Labute approximate surface area is 86.6 Å². The Morgan fingerprint density at radius 3 is 1.43 bits per heavy atom. The van der Waals surface area contributed by atoms with E-state index in [0.717, 1.165) is 0 Å². The van der Waals surface area contributed by atoms with Crippen LogP contribution in [0.1, 0.15) is 25.0 Å². The third kappa shape index (κ3) is 2.14. The van der Waals surface area contributed by atoms with Crippen molar-refractivity contribution in [1.29, 1.82) is 0 Å². The lowest BCUT2D eigenvalue weighted by molar-refractivity contribution is 1.37. The average Bonchev–Trinajstić information content (AvgIpc) is 2.23. The predicted octanol–water partition coefficient (Wildman–Crippen LogP) is 4.48. The zero-order valence-corrected chi connectivity index (χ0v) is 9.46. The van der Waals surface area contributed by atoms with Gasteiger partial charge in [-0.25, -0.2) is 0 Å². The van der Waals surface area contributed by atoms with Gasteiger partial charge in [0.25, 0.3) is 0 Å². The third-order valence-corrected chi connectivity index (χ3v) is 2.36. The fourth-order valence-electron chi connectivity index (χ4n) is 1.47. The van der Waals surface area contributed by atoms with Crippen molar-refractivity contribution >= 4 is 10.8 Å². The minimum absolute atomic E-state index is 1.33. The standard InChI is InChI=1S/C12H12.C2H6/c1-9-7-11-5-3-4-6-12(11)8-10(9)2;1-2/h3-8H,1-2H3;1-2H3. The topological polar surface area (TPSA) is 0 Å². The Morgan fingerprint density at radius 1 is 0.714 bits per heavy atom. The first-order chi connectivity index (χ1) is 6.77. The van der Waals surface area contributed by atoms with Crippen LogP contribution >= 0.6 is 0 Å². The summed E-state index contributed by atoms with van der Waals surface area (Å²) in [7, 11) is 0. The summed E-state index contributed by atoms with van der Waals surface area (Å²) in [6.07, 6.45) is 0. The second-order valence-corrected chi connectivity index (χ2v) is 3.28. The van der Waals surface area contributed by atoms with E-state index in [4.69, 9.17) is 0 Å². The molecule has 0 amide bonds. The van der Waals surface area contributed by atoms with E-state index in [1.807, 2.05) is 13.8 Å². The predicted molar refractivity (Wildman–Crippen MR) is 64.8 cm³/mol. The lowest BCUT2D eigenvalue weighted by Gasteiger charge is -2.02. The fraction of sp³-hybridized carbons (Fsp3) is 0.286. The van der Waals surface area contributed by atoms with Crippen molar-refractivity contribution < 1.29 is 0 Å². The molecular weight excluding hydrogens is 168 g/mol. The maximum absolute atomic E-state index is 2.24. The second kappa shape index (κ2) is 4.80. The van der Waals surface area contributed by atoms with E-state index in [1.54, 1.807) is 0 Å². The van der Waals surface area contributed by atoms with Gasteiger partial charge in [0.05, 0.1) is 0 Å². The van der Waals surface area contributed by atoms with Gasteiger partial charge in [0.2, 0.25) is 0 Å². The molecule has 2 aromatic carbocycles. The van der Waals surface area contributed by atoms with E-state index in [2.05, 4.69) is 50.2 Å². The molecule has 0 fully saturated rings. The van der Waals surface area contributed by atoms with Crippen LogP contribution in [0.4, 0.5) is 0 Å². The van der Waals surface area contributed by atoms with Crippen LogP contribution in [0.25, 0.3) is 10.8 Å². The van der Waals surface area contributed by atoms with E-state index >= 15 is 0 Å². The number of aryl methyl sites for hydroxylation is 2. The summed E-state index contributed by atoms with van der Waals surface area (Å²) in [6, 6.07) is 13.0. The lowest BCUT2D eigenvalue weighted by Crippen LogP contribution is -1.80. The van der Waals surface area contributed by atoms with Gasteiger partial charge in [0, 0.05) is 0 Å². The van der Waals surface area contributed by atoms with Crippen molar-refractivity contribution in [1.82, 2.24) is 0 Å². The molecule has 0 aliphatic heterocycles. The fourth-order valence-corrected chi connectivity index (χ4v) is 1.47. The molecule has 0 radical (unpaired) electrons. The summed E-state index contributed by atoms with van der Waals surface area (Å²) >= 11 is 0. The van der Waals surface area contributed by atoms with Crippen LogP contribution in [0.2, 0.25) is 0 Å². The second-order valence-electron chi connectivity index (χ2n) is 3.28. The number of fused-ring (bicyclic) bond motifs is 1. The van der Waals surface area contributed by atoms with Gasteiger partial charge >= 0.3 is 0 Å². The highest BCUT2D eigenvalue weighted by atomic mass is 14.0. The molecule has 0 spiro atoms. The summed E-state index contributed by atoms with van der Waals surface area (Å²) in [6.45, 7) is 8.31. The molecule has 0 atom stereocenters. The Bertz CT molecular complexity index is 373. The van der Waals surface area contributed by atoms with Gasteiger partial charge in [-0.2, -0.15) is 0 Å². The largest absolute Gasteiger partial charge is 0.0683 e. The van der Waals surface area contributed by atoms with E-state index in [1.165, 1.54) is 21.9 Å². The van der Waals surface area contributed by atoms with Crippen LogP contribution in [0.3, 0.4) is 0 Å². The Morgan fingerprint density at radius 2 is 1.07 bits per heavy atom. The molecule has 14 heavy (non-hydrogen) atoms. The smallest absolute Gasteiger partial charge is 0.0181 e. The molecule has 0 aliphatic carbocycles. The van der Waals surface area contributed by atoms with Gasteiger partial charge in [-0.05, 0) is 35.7 Å². The van der Waals surface area contributed by atoms with Crippen molar-refractivity contribution in [2.24, 2.45) is 0 Å². The minimum Gasteiger partial charge on any atom is -0.0683 e. The summed E-state index contributed by atoms with van der Waals surface area (Å²) in [4.78, 5) is 0. The van der Waals surface area contributed by atoms with Crippen LogP contribution < -0.4 is 0 Å². The zero-order valence-electron chi connectivity index (χ0n) is 9.46. The molecule has 0 heterocycles. The van der Waals surface area contributed by atoms with Crippen molar-refractivity contribution in [2.45, 2.75) is 27.7 Å². The van der Waals surface area contributed by atoms with E-state index in [-0.39, 0.29) is 0 Å². The van der Waals surface area contributed by atoms with Crippen LogP contribution in [0, 0.1) is 13.8 Å². The molecule has 2 aromatic rings. The molecule has 0 aromatic heterocycles. The third-order valence-electron chi connectivity index (χ3n) is 2.36. The minimum atomic E-state index is 1.33. The van der Waals surface area contributed by atoms with Crippen LogP contribution in [-0.2, 0) is 0 Å². The number of benzene rings is 2. The molecule has 0 saturated heterocycles. The SMILES string of the molecule is CC.Cc1cc2ccccc2cc1C. The van der Waals surface area contributed by atoms with Gasteiger partial charge in [-0.15, -0.1) is 0 Å². The summed E-state index contributed by atoms with van der Waals surface area (Å²) < 4.78 is 0. The zero-order chi connectivity index (χ0) is 10.6. The molecule has 0 bridgehead atoms. The lowest BCUT2D eigenvalue weighted by atomic mass is 10.0. The highest BCUT2D eigenvalue weighted by molar-refractivity contribution is 5.83. The van der Waals surface area contributed by atoms with E-state index in [9.17, 15) is 0 Å². The summed E-state index contributed by atoms with van der Waals surface area (Å²) in [5.41, 5.74) is 2.74. The average molecular weight is 186 g/mol. The Kier molecular flexibility index (Phi) is 3.70. The highest BCUT2D eigenvalue weighted by Crippen LogP contribution is 2.18. The van der Waals surface area contributed by atoms with E-state index in [0.29, 0.717) is 0 Å². The van der Waals surface area contributed by atoms with Crippen molar-refractivity contribution in [2.75, 3.05) is 0 Å². The van der Waals surface area contributed by atoms with Crippen LogP contribution in [0.5, 0.6) is 0 Å². The molecule has 0 nitrogen and oxygen atoms in total. The Balaban J connectivity index is 0.000000461. The van der Waals surface area contributed by atoms with Gasteiger partial charge in [0.1, 0.15) is 0 Å². The van der Waals surface area contributed by atoms with Gasteiger partial charge in [0.15, 0.2) is 0 Å². The van der Waals surface area contributed by atoms with Crippen LogP contribution in [-0.4, -0.2) is 0 Å². The normalized spacial score (nSPS) is 9.43. The number of rotatable bonds is 0. The monoisotopic (exact) mass is 186 g/mol. The Hall–Kier alpha value is -1.30. The molecule has 0 heteroatoms. The van der Waals surface area contributed by atoms with Crippen molar-refractivity contribution in [3.63, 3.8) is 0 Å². The molecule has 0 saturated carbocycles. The van der Waals surface area contributed by atoms with Crippen molar-refractivity contribution in [3.05, 3.63) is 47.5 Å². The van der Waals surface area contributed by atoms with E-state index < -0.39 is 0 Å². The van der Waals surface area contributed by atoms with Gasteiger partial charge in [-0.1, -0.05) is 50.2 Å². The highest BCUT2D eigenvalue weighted by Gasteiger charge is 1.95. The number of hydrogen-bond acceptors (Lipinski definition) is 0. The first kappa shape index (κ1) is 10.8. The molecule has 2 rings (SSSR count). The van der Waals surface area contributed by atoms with Crippen molar-refractivity contribution in [3.8, 4) is 0 Å². The molecule has 74 valence electrons. The molecular formula is C14H18. The summed E-state index contributed by atoms with van der Waals surface area (Å²) in [5, 5.41) is 2.67. The molecule has 0 N–H and O–H groups in total. The van der Waals surface area contributed by atoms with Crippen LogP contribution in [0.15, 0.2) is 36.4 Å². The molecule has 0 unspecified atom stereocenters.